The lowest BCUT2D eigenvalue weighted by Gasteiger charge is -2.15. The first-order valence-electron chi connectivity index (χ1n) is 13.3. The fourth-order valence-corrected chi connectivity index (χ4v) is 4.16. The average molecular weight is 441 g/mol. The van der Waals surface area contributed by atoms with Gasteiger partial charge in [-0.3, -0.25) is 9.59 Å². The standard InChI is InChI=1S/C27H52O4/c1-4-5-6-7-8-9-10-11-12-13-14-15-16-17-18-19-20-21-22-23-26(31-25(2)28)24-27(29)30-3/h26H,4-24H2,1-3H3. The summed E-state index contributed by atoms with van der Waals surface area (Å²) in [6.07, 6.45) is 26.3. The molecule has 4 heteroatoms. The van der Waals surface area contributed by atoms with Crippen molar-refractivity contribution in [3.8, 4) is 0 Å². The highest BCUT2D eigenvalue weighted by Crippen LogP contribution is 2.16. The maximum Gasteiger partial charge on any atom is 0.309 e. The highest BCUT2D eigenvalue weighted by atomic mass is 16.6. The number of rotatable bonds is 23. The Balaban J connectivity index is 3.33. The first-order valence-corrected chi connectivity index (χ1v) is 13.3. The van der Waals surface area contributed by atoms with Gasteiger partial charge in [0.25, 0.3) is 0 Å². The lowest BCUT2D eigenvalue weighted by molar-refractivity contribution is -0.152. The van der Waals surface area contributed by atoms with Gasteiger partial charge in [-0.05, 0) is 12.8 Å². The first kappa shape index (κ1) is 29.9. The van der Waals surface area contributed by atoms with Gasteiger partial charge in [-0.1, -0.05) is 122 Å². The van der Waals surface area contributed by atoms with Crippen LogP contribution in [0.3, 0.4) is 0 Å². The van der Waals surface area contributed by atoms with Crippen molar-refractivity contribution in [2.24, 2.45) is 0 Å². The SMILES string of the molecule is CCCCCCCCCCCCCCCCCCCCCC(CC(=O)OC)OC(C)=O. The monoisotopic (exact) mass is 440 g/mol. The van der Waals surface area contributed by atoms with E-state index in [4.69, 9.17) is 4.74 Å². The molecule has 0 fully saturated rings. The minimum absolute atomic E-state index is 0.162. The zero-order valence-electron chi connectivity index (χ0n) is 21.1. The molecule has 0 rings (SSSR count). The zero-order valence-corrected chi connectivity index (χ0v) is 21.1. The van der Waals surface area contributed by atoms with Crippen LogP contribution in [0.25, 0.3) is 0 Å². The molecule has 0 heterocycles. The van der Waals surface area contributed by atoms with Crippen LogP contribution < -0.4 is 0 Å². The molecular formula is C27H52O4. The highest BCUT2D eigenvalue weighted by Gasteiger charge is 2.16. The van der Waals surface area contributed by atoms with Gasteiger partial charge in [0.2, 0.25) is 0 Å². The molecule has 0 aromatic heterocycles. The fourth-order valence-electron chi connectivity index (χ4n) is 4.16. The second-order valence-electron chi connectivity index (χ2n) is 9.16. The van der Waals surface area contributed by atoms with Crippen LogP contribution in [0.15, 0.2) is 0 Å². The molecule has 0 aliphatic heterocycles. The molecule has 0 amide bonds. The van der Waals surface area contributed by atoms with Gasteiger partial charge in [-0.15, -0.1) is 0 Å². The summed E-state index contributed by atoms with van der Waals surface area (Å²) in [5, 5.41) is 0. The van der Waals surface area contributed by atoms with Crippen LogP contribution in [-0.2, 0) is 19.1 Å². The van der Waals surface area contributed by atoms with Gasteiger partial charge in [0, 0.05) is 6.92 Å². The predicted molar refractivity (Wildman–Crippen MR) is 130 cm³/mol. The molecule has 1 atom stereocenters. The first-order chi connectivity index (χ1) is 15.1. The average Bonchev–Trinajstić information content (AvgIpc) is 2.74. The normalized spacial score (nSPS) is 12.0. The number of ether oxygens (including phenoxy) is 2. The van der Waals surface area contributed by atoms with Crippen molar-refractivity contribution in [3.63, 3.8) is 0 Å². The van der Waals surface area contributed by atoms with Crippen molar-refractivity contribution >= 4 is 11.9 Å². The Morgan fingerprint density at radius 1 is 0.613 bits per heavy atom. The van der Waals surface area contributed by atoms with E-state index >= 15 is 0 Å². The van der Waals surface area contributed by atoms with Crippen LogP contribution in [-0.4, -0.2) is 25.2 Å². The minimum atomic E-state index is -0.337. The summed E-state index contributed by atoms with van der Waals surface area (Å²) in [7, 11) is 1.37. The Kier molecular flexibility index (Phi) is 22.8. The fraction of sp³-hybridized carbons (Fsp3) is 0.926. The van der Waals surface area contributed by atoms with Crippen molar-refractivity contribution in [2.75, 3.05) is 7.11 Å². The lowest BCUT2D eigenvalue weighted by atomic mass is 10.0. The van der Waals surface area contributed by atoms with E-state index < -0.39 is 0 Å². The third kappa shape index (κ3) is 23.4. The van der Waals surface area contributed by atoms with E-state index in [1.807, 2.05) is 0 Å². The van der Waals surface area contributed by atoms with Crippen LogP contribution >= 0.6 is 0 Å². The summed E-state index contributed by atoms with van der Waals surface area (Å²) >= 11 is 0. The number of hydrogen-bond acceptors (Lipinski definition) is 4. The topological polar surface area (TPSA) is 52.6 Å². The molecule has 0 saturated heterocycles. The lowest BCUT2D eigenvalue weighted by Crippen LogP contribution is -2.21. The molecule has 0 aliphatic rings. The molecule has 0 saturated carbocycles. The molecule has 0 radical (unpaired) electrons. The smallest absolute Gasteiger partial charge is 0.309 e. The minimum Gasteiger partial charge on any atom is -0.469 e. The van der Waals surface area contributed by atoms with Gasteiger partial charge in [0.1, 0.15) is 6.10 Å². The van der Waals surface area contributed by atoms with Crippen LogP contribution in [0.4, 0.5) is 0 Å². The molecule has 31 heavy (non-hydrogen) atoms. The second-order valence-corrected chi connectivity index (χ2v) is 9.16. The third-order valence-corrected chi connectivity index (χ3v) is 6.08. The predicted octanol–water partition coefficient (Wildman–Crippen LogP) is 8.30. The van der Waals surface area contributed by atoms with E-state index in [0.29, 0.717) is 0 Å². The van der Waals surface area contributed by atoms with Gasteiger partial charge in [-0.2, -0.15) is 0 Å². The second kappa shape index (κ2) is 23.6. The Morgan fingerprint density at radius 3 is 1.29 bits per heavy atom. The van der Waals surface area contributed by atoms with Crippen LogP contribution in [0.2, 0.25) is 0 Å². The largest absolute Gasteiger partial charge is 0.469 e. The van der Waals surface area contributed by atoms with Crippen molar-refractivity contribution in [1.29, 1.82) is 0 Å². The third-order valence-electron chi connectivity index (χ3n) is 6.08. The van der Waals surface area contributed by atoms with Gasteiger partial charge in [-0.25, -0.2) is 0 Å². The number of methoxy groups -OCH3 is 1. The van der Waals surface area contributed by atoms with E-state index in [1.54, 1.807) is 0 Å². The highest BCUT2D eigenvalue weighted by molar-refractivity contribution is 5.71. The van der Waals surface area contributed by atoms with E-state index in [1.165, 1.54) is 123 Å². The van der Waals surface area contributed by atoms with Crippen molar-refractivity contribution in [1.82, 2.24) is 0 Å². The Morgan fingerprint density at radius 2 is 0.968 bits per heavy atom. The van der Waals surface area contributed by atoms with Gasteiger partial charge in [0.15, 0.2) is 0 Å². The summed E-state index contributed by atoms with van der Waals surface area (Å²) in [5.41, 5.74) is 0. The molecule has 0 N–H and O–H groups in total. The molecule has 0 aromatic rings. The maximum absolute atomic E-state index is 11.4. The quantitative estimate of drug-likeness (QED) is 0.118. The molecule has 0 aromatic carbocycles. The summed E-state index contributed by atoms with van der Waals surface area (Å²) in [5.74, 6) is -0.643. The van der Waals surface area contributed by atoms with Crippen LogP contribution in [0, 0.1) is 0 Å². The number of esters is 2. The number of hydrogen-bond donors (Lipinski definition) is 0. The van der Waals surface area contributed by atoms with E-state index in [9.17, 15) is 9.59 Å². The molecule has 0 spiro atoms. The van der Waals surface area contributed by atoms with Gasteiger partial charge < -0.3 is 9.47 Å². The van der Waals surface area contributed by atoms with Crippen molar-refractivity contribution in [2.45, 2.75) is 155 Å². The molecule has 0 aliphatic carbocycles. The molecular weight excluding hydrogens is 388 g/mol. The van der Waals surface area contributed by atoms with Crippen LogP contribution in [0.5, 0.6) is 0 Å². The summed E-state index contributed by atoms with van der Waals surface area (Å²) in [6, 6.07) is 0. The summed E-state index contributed by atoms with van der Waals surface area (Å²) < 4.78 is 9.90. The van der Waals surface area contributed by atoms with E-state index in [-0.39, 0.29) is 24.5 Å². The maximum atomic E-state index is 11.4. The molecule has 184 valence electrons. The molecule has 4 nitrogen and oxygen atoms in total. The van der Waals surface area contributed by atoms with Gasteiger partial charge in [0.05, 0.1) is 13.5 Å². The Bertz CT molecular complexity index is 408. The molecule has 0 bridgehead atoms. The number of carbonyl (C=O) groups is 2. The Labute approximate surface area is 193 Å². The summed E-state index contributed by atoms with van der Waals surface area (Å²) in [6.45, 7) is 3.67. The number of carbonyl (C=O) groups excluding carboxylic acids is 2. The van der Waals surface area contributed by atoms with E-state index in [2.05, 4.69) is 11.7 Å². The van der Waals surface area contributed by atoms with Crippen molar-refractivity contribution in [3.05, 3.63) is 0 Å². The van der Waals surface area contributed by atoms with Gasteiger partial charge >= 0.3 is 11.9 Å². The number of unbranched alkanes of at least 4 members (excludes halogenated alkanes) is 18. The van der Waals surface area contributed by atoms with Crippen molar-refractivity contribution < 1.29 is 19.1 Å². The Hall–Kier alpha value is -1.06. The molecule has 1 unspecified atom stereocenters. The van der Waals surface area contributed by atoms with E-state index in [0.717, 1.165) is 19.3 Å². The zero-order chi connectivity index (χ0) is 23.0. The van der Waals surface area contributed by atoms with Crippen LogP contribution in [0.1, 0.15) is 149 Å². The summed E-state index contributed by atoms with van der Waals surface area (Å²) in [4.78, 5) is 22.5.